The molecule has 1 aromatic heterocycles. The summed E-state index contributed by atoms with van der Waals surface area (Å²) >= 11 is 7.69. The highest BCUT2D eigenvalue weighted by atomic mass is 35.5. The van der Waals surface area contributed by atoms with Crippen molar-refractivity contribution in [1.29, 1.82) is 0 Å². The maximum absolute atomic E-state index is 13.0. The van der Waals surface area contributed by atoms with Crippen LogP contribution in [0.15, 0.2) is 53.7 Å². The van der Waals surface area contributed by atoms with E-state index >= 15 is 0 Å². The molecule has 3 aromatic rings. The van der Waals surface area contributed by atoms with E-state index in [-0.39, 0.29) is 11.9 Å². The first-order valence-corrected chi connectivity index (χ1v) is 10.3. The van der Waals surface area contributed by atoms with Crippen molar-refractivity contribution in [3.05, 3.63) is 64.7 Å². The molecule has 0 spiro atoms. The predicted molar refractivity (Wildman–Crippen MR) is 115 cm³/mol. The minimum absolute atomic E-state index is 0.150. The molecule has 28 heavy (non-hydrogen) atoms. The minimum atomic E-state index is -0.511. The average molecular weight is 416 g/mol. The van der Waals surface area contributed by atoms with Gasteiger partial charge in [-0.05, 0) is 36.6 Å². The SMILES string of the molecule is CCC(C(=O)Nc1ccccc1C)n1c(N)nnc1SCc1ccccc1Cl. The van der Waals surface area contributed by atoms with Gasteiger partial charge in [-0.3, -0.25) is 9.36 Å². The number of hydrogen-bond donors (Lipinski definition) is 2. The Kier molecular flexibility index (Phi) is 6.59. The third-order valence-electron chi connectivity index (χ3n) is 4.41. The third kappa shape index (κ3) is 4.48. The number of rotatable bonds is 7. The van der Waals surface area contributed by atoms with Crippen molar-refractivity contribution in [2.24, 2.45) is 0 Å². The molecule has 0 radical (unpaired) electrons. The van der Waals surface area contributed by atoms with Gasteiger partial charge in [0.25, 0.3) is 0 Å². The molecule has 1 unspecified atom stereocenters. The number of anilines is 2. The fourth-order valence-corrected chi connectivity index (χ4v) is 4.13. The largest absolute Gasteiger partial charge is 0.368 e. The number of carbonyl (C=O) groups excluding carboxylic acids is 1. The zero-order valence-electron chi connectivity index (χ0n) is 15.7. The number of nitrogens with two attached hydrogens (primary N) is 1. The van der Waals surface area contributed by atoms with Crippen LogP contribution >= 0.6 is 23.4 Å². The molecule has 1 heterocycles. The Hall–Kier alpha value is -2.51. The highest BCUT2D eigenvalue weighted by Crippen LogP contribution is 2.30. The number of para-hydroxylation sites is 1. The number of aryl methyl sites for hydroxylation is 1. The van der Waals surface area contributed by atoms with Crippen molar-refractivity contribution in [3.8, 4) is 0 Å². The van der Waals surface area contributed by atoms with Crippen LogP contribution in [0, 0.1) is 6.92 Å². The van der Waals surface area contributed by atoms with Gasteiger partial charge < -0.3 is 11.1 Å². The molecule has 146 valence electrons. The number of thioether (sulfide) groups is 1. The Balaban J connectivity index is 1.81. The van der Waals surface area contributed by atoms with Gasteiger partial charge in [-0.2, -0.15) is 0 Å². The van der Waals surface area contributed by atoms with Gasteiger partial charge in [-0.1, -0.05) is 66.7 Å². The van der Waals surface area contributed by atoms with E-state index in [1.165, 1.54) is 11.8 Å². The zero-order chi connectivity index (χ0) is 20.1. The number of nitrogens with zero attached hydrogens (tertiary/aromatic N) is 3. The first-order chi connectivity index (χ1) is 13.5. The van der Waals surface area contributed by atoms with Crippen LogP contribution in [0.3, 0.4) is 0 Å². The summed E-state index contributed by atoms with van der Waals surface area (Å²) in [6, 6.07) is 14.8. The lowest BCUT2D eigenvalue weighted by molar-refractivity contribution is -0.119. The Morgan fingerprint density at radius 3 is 2.64 bits per heavy atom. The Morgan fingerprint density at radius 2 is 1.93 bits per heavy atom. The first-order valence-electron chi connectivity index (χ1n) is 8.94. The molecular weight excluding hydrogens is 394 g/mol. The maximum Gasteiger partial charge on any atom is 0.247 e. The van der Waals surface area contributed by atoms with Crippen LogP contribution in [-0.4, -0.2) is 20.7 Å². The van der Waals surface area contributed by atoms with Crippen LogP contribution in [0.1, 0.15) is 30.5 Å². The molecule has 0 aliphatic rings. The van der Waals surface area contributed by atoms with Gasteiger partial charge in [0.2, 0.25) is 11.9 Å². The van der Waals surface area contributed by atoms with Crippen molar-refractivity contribution in [3.63, 3.8) is 0 Å². The number of nitrogens with one attached hydrogen (secondary N) is 1. The fraction of sp³-hybridized carbons (Fsp3) is 0.250. The van der Waals surface area contributed by atoms with E-state index in [9.17, 15) is 4.79 Å². The Morgan fingerprint density at radius 1 is 1.21 bits per heavy atom. The topological polar surface area (TPSA) is 85.8 Å². The van der Waals surface area contributed by atoms with Crippen LogP contribution in [0.25, 0.3) is 0 Å². The fourth-order valence-electron chi connectivity index (χ4n) is 2.85. The normalized spacial score (nSPS) is 12.0. The molecule has 3 rings (SSSR count). The summed E-state index contributed by atoms with van der Waals surface area (Å²) in [6.45, 7) is 3.89. The smallest absolute Gasteiger partial charge is 0.247 e. The summed E-state index contributed by atoms with van der Waals surface area (Å²) in [5, 5.41) is 12.4. The molecule has 0 saturated heterocycles. The second kappa shape index (κ2) is 9.12. The molecule has 0 bridgehead atoms. The molecule has 1 amide bonds. The maximum atomic E-state index is 13.0. The van der Waals surface area contributed by atoms with Crippen molar-refractivity contribution in [2.45, 2.75) is 37.2 Å². The summed E-state index contributed by atoms with van der Waals surface area (Å²) < 4.78 is 1.69. The second-order valence-electron chi connectivity index (χ2n) is 6.32. The molecule has 8 heteroatoms. The van der Waals surface area contributed by atoms with E-state index in [0.29, 0.717) is 22.4 Å². The summed E-state index contributed by atoms with van der Waals surface area (Å²) in [5.74, 6) is 0.671. The lowest BCUT2D eigenvalue weighted by Crippen LogP contribution is -2.27. The molecule has 0 fully saturated rings. The molecule has 0 aliphatic heterocycles. The van der Waals surface area contributed by atoms with E-state index < -0.39 is 6.04 Å². The van der Waals surface area contributed by atoms with Gasteiger partial charge in [-0.15, -0.1) is 10.2 Å². The highest BCUT2D eigenvalue weighted by molar-refractivity contribution is 7.98. The molecule has 1 atom stereocenters. The Labute approximate surface area is 173 Å². The van der Waals surface area contributed by atoms with Crippen LogP contribution in [0.5, 0.6) is 0 Å². The van der Waals surface area contributed by atoms with Crippen molar-refractivity contribution >= 4 is 40.9 Å². The van der Waals surface area contributed by atoms with Crippen molar-refractivity contribution in [1.82, 2.24) is 14.8 Å². The zero-order valence-corrected chi connectivity index (χ0v) is 17.3. The monoisotopic (exact) mass is 415 g/mol. The number of halogens is 1. The second-order valence-corrected chi connectivity index (χ2v) is 7.67. The molecule has 0 saturated carbocycles. The van der Waals surface area contributed by atoms with Crippen LogP contribution in [0.2, 0.25) is 5.02 Å². The summed E-state index contributed by atoms with van der Waals surface area (Å²) in [5.41, 5.74) is 8.81. The van der Waals surface area contributed by atoms with Crippen molar-refractivity contribution in [2.75, 3.05) is 11.1 Å². The van der Waals surface area contributed by atoms with Crippen molar-refractivity contribution < 1.29 is 4.79 Å². The standard InChI is InChI=1S/C20H22ClN5OS/c1-3-17(18(27)23-16-11-7-4-8-13(16)2)26-19(22)24-25-20(26)28-12-14-9-5-6-10-15(14)21/h4-11,17H,3,12H2,1-2H3,(H2,22,24)(H,23,27). The molecule has 6 nitrogen and oxygen atoms in total. The number of carbonyl (C=O) groups is 1. The lowest BCUT2D eigenvalue weighted by Gasteiger charge is -2.19. The van der Waals surface area contributed by atoms with Gasteiger partial charge in [0.1, 0.15) is 6.04 Å². The molecule has 3 N–H and O–H groups in total. The first kappa shape index (κ1) is 20.2. The van der Waals surface area contributed by atoms with E-state index in [1.54, 1.807) is 4.57 Å². The van der Waals surface area contributed by atoms with E-state index in [0.717, 1.165) is 16.8 Å². The number of hydrogen-bond acceptors (Lipinski definition) is 5. The summed E-state index contributed by atoms with van der Waals surface area (Å²) in [4.78, 5) is 13.0. The average Bonchev–Trinajstić information content (AvgIpc) is 3.04. The van der Waals surface area contributed by atoms with Crippen LogP contribution in [0.4, 0.5) is 11.6 Å². The van der Waals surface area contributed by atoms with Gasteiger partial charge in [-0.25, -0.2) is 0 Å². The summed E-state index contributed by atoms with van der Waals surface area (Å²) in [6.07, 6.45) is 0.555. The number of benzene rings is 2. The van der Waals surface area contributed by atoms with Gasteiger partial charge in [0.15, 0.2) is 5.16 Å². The van der Waals surface area contributed by atoms with Gasteiger partial charge in [0.05, 0.1) is 0 Å². The lowest BCUT2D eigenvalue weighted by atomic mass is 10.1. The third-order valence-corrected chi connectivity index (χ3v) is 5.77. The van der Waals surface area contributed by atoms with Crippen LogP contribution < -0.4 is 11.1 Å². The van der Waals surface area contributed by atoms with Crippen LogP contribution in [-0.2, 0) is 10.5 Å². The minimum Gasteiger partial charge on any atom is -0.368 e. The number of nitrogen functional groups attached to an aromatic ring is 1. The quantitative estimate of drug-likeness (QED) is 0.546. The van der Waals surface area contributed by atoms with Gasteiger partial charge >= 0.3 is 0 Å². The number of aromatic nitrogens is 3. The van der Waals surface area contributed by atoms with E-state index in [4.69, 9.17) is 17.3 Å². The van der Waals surface area contributed by atoms with Gasteiger partial charge in [0, 0.05) is 16.5 Å². The molecular formula is C20H22ClN5OS. The highest BCUT2D eigenvalue weighted by Gasteiger charge is 2.25. The molecule has 2 aromatic carbocycles. The predicted octanol–water partition coefficient (Wildman–Crippen LogP) is 4.70. The van der Waals surface area contributed by atoms with E-state index in [1.807, 2.05) is 62.4 Å². The van der Waals surface area contributed by atoms with E-state index in [2.05, 4.69) is 15.5 Å². The number of amides is 1. The Bertz CT molecular complexity index is 975. The summed E-state index contributed by atoms with van der Waals surface area (Å²) in [7, 11) is 0. The molecule has 0 aliphatic carbocycles.